The summed E-state index contributed by atoms with van der Waals surface area (Å²) in [6, 6.07) is 16.4. The second-order valence-corrected chi connectivity index (χ2v) is 6.25. The molecule has 1 unspecified atom stereocenters. The Morgan fingerprint density at radius 1 is 1.04 bits per heavy atom. The zero-order chi connectivity index (χ0) is 17.6. The minimum absolute atomic E-state index is 0.0543. The molecule has 2 aromatic rings. The van der Waals surface area contributed by atoms with Gasteiger partial charge in [0.05, 0.1) is 0 Å². The van der Waals surface area contributed by atoms with Gasteiger partial charge in [-0.15, -0.1) is 0 Å². The third-order valence-electron chi connectivity index (χ3n) is 4.50. The number of benzene rings is 2. The van der Waals surface area contributed by atoms with E-state index in [9.17, 15) is 9.59 Å². The van der Waals surface area contributed by atoms with Crippen molar-refractivity contribution in [2.45, 2.75) is 18.9 Å². The summed E-state index contributed by atoms with van der Waals surface area (Å²) < 4.78 is 0. The Bertz CT molecular complexity index is 728. The van der Waals surface area contributed by atoms with Crippen LogP contribution in [0.15, 0.2) is 54.6 Å². The van der Waals surface area contributed by atoms with Crippen molar-refractivity contribution in [3.05, 3.63) is 65.7 Å². The van der Waals surface area contributed by atoms with Crippen LogP contribution < -0.4 is 10.6 Å². The van der Waals surface area contributed by atoms with Gasteiger partial charge in [-0.3, -0.25) is 9.59 Å². The molecule has 5 nitrogen and oxygen atoms in total. The molecule has 3 rings (SSSR count). The molecule has 1 saturated heterocycles. The number of anilines is 1. The highest BCUT2D eigenvalue weighted by Crippen LogP contribution is 2.20. The maximum absolute atomic E-state index is 12.7. The first-order valence-electron chi connectivity index (χ1n) is 8.61. The van der Waals surface area contributed by atoms with E-state index in [4.69, 9.17) is 0 Å². The van der Waals surface area contributed by atoms with Gasteiger partial charge in [0.25, 0.3) is 11.8 Å². The van der Waals surface area contributed by atoms with Gasteiger partial charge in [-0.1, -0.05) is 18.2 Å². The molecule has 1 aliphatic rings. The average Bonchev–Trinajstić information content (AvgIpc) is 3.11. The monoisotopic (exact) mass is 337 g/mol. The van der Waals surface area contributed by atoms with E-state index in [1.54, 1.807) is 36.4 Å². The molecule has 0 bridgehead atoms. The molecule has 0 aliphatic carbocycles. The number of likely N-dealkylation sites (N-methyl/N-ethyl adjacent to an activating group) is 1. The summed E-state index contributed by atoms with van der Waals surface area (Å²) in [6.07, 6.45) is 2.08. The lowest BCUT2D eigenvalue weighted by molar-refractivity contribution is 0.0737. The van der Waals surface area contributed by atoms with Crippen molar-refractivity contribution in [2.24, 2.45) is 0 Å². The van der Waals surface area contributed by atoms with Crippen LogP contribution in [0.2, 0.25) is 0 Å². The number of carbonyl (C=O) groups excluding carboxylic acids is 2. The standard InChI is InChI=1S/C20H23N3O2/c1-21-14-18-8-5-13-23(18)20(25)16-9-11-17(12-10-16)22-19(24)15-6-3-2-4-7-15/h2-4,6-7,9-12,18,21H,5,8,13-14H2,1H3,(H,22,24). The number of rotatable bonds is 5. The molecule has 130 valence electrons. The Morgan fingerprint density at radius 2 is 1.76 bits per heavy atom. The fourth-order valence-corrected chi connectivity index (χ4v) is 3.21. The molecule has 0 spiro atoms. The molecule has 2 aromatic carbocycles. The van der Waals surface area contributed by atoms with Gasteiger partial charge in [-0.2, -0.15) is 0 Å². The van der Waals surface area contributed by atoms with E-state index in [0.29, 0.717) is 16.8 Å². The predicted octanol–water partition coefficient (Wildman–Crippen LogP) is 2.76. The second-order valence-electron chi connectivity index (χ2n) is 6.25. The van der Waals surface area contributed by atoms with Gasteiger partial charge in [0, 0.05) is 35.9 Å². The molecule has 0 saturated carbocycles. The van der Waals surface area contributed by atoms with Crippen LogP contribution in [-0.2, 0) is 0 Å². The number of hydrogen-bond acceptors (Lipinski definition) is 3. The lowest BCUT2D eigenvalue weighted by Gasteiger charge is -2.24. The van der Waals surface area contributed by atoms with Crippen LogP contribution in [0.5, 0.6) is 0 Å². The molecule has 2 N–H and O–H groups in total. The molecule has 2 amide bonds. The molecular formula is C20H23N3O2. The van der Waals surface area contributed by atoms with Crippen molar-refractivity contribution in [1.29, 1.82) is 0 Å². The fraction of sp³-hybridized carbons (Fsp3) is 0.300. The topological polar surface area (TPSA) is 61.4 Å². The van der Waals surface area contributed by atoms with Crippen molar-refractivity contribution >= 4 is 17.5 Å². The minimum Gasteiger partial charge on any atom is -0.334 e. The SMILES string of the molecule is CNCC1CCCN1C(=O)c1ccc(NC(=O)c2ccccc2)cc1. The summed E-state index contributed by atoms with van der Waals surface area (Å²) in [5.41, 5.74) is 1.94. The van der Waals surface area contributed by atoms with Gasteiger partial charge in [0.15, 0.2) is 0 Å². The van der Waals surface area contributed by atoms with E-state index in [2.05, 4.69) is 10.6 Å². The summed E-state index contributed by atoms with van der Waals surface area (Å²) in [5, 5.41) is 6.00. The lowest BCUT2D eigenvalue weighted by atomic mass is 10.1. The van der Waals surface area contributed by atoms with Gasteiger partial charge >= 0.3 is 0 Å². The fourth-order valence-electron chi connectivity index (χ4n) is 3.21. The summed E-state index contributed by atoms with van der Waals surface area (Å²) in [5.74, 6) is -0.105. The number of likely N-dealkylation sites (tertiary alicyclic amines) is 1. The summed E-state index contributed by atoms with van der Waals surface area (Å²) in [4.78, 5) is 26.8. The maximum atomic E-state index is 12.7. The molecule has 1 atom stereocenters. The Hall–Kier alpha value is -2.66. The van der Waals surface area contributed by atoms with Crippen LogP contribution in [0.3, 0.4) is 0 Å². The molecular weight excluding hydrogens is 314 g/mol. The largest absolute Gasteiger partial charge is 0.334 e. The third-order valence-corrected chi connectivity index (χ3v) is 4.50. The van der Waals surface area contributed by atoms with E-state index >= 15 is 0 Å². The zero-order valence-corrected chi connectivity index (χ0v) is 14.4. The highest BCUT2D eigenvalue weighted by molar-refractivity contribution is 6.04. The van der Waals surface area contributed by atoms with Crippen LogP contribution in [0, 0.1) is 0 Å². The first kappa shape index (κ1) is 17.2. The van der Waals surface area contributed by atoms with E-state index in [0.717, 1.165) is 25.9 Å². The molecule has 25 heavy (non-hydrogen) atoms. The first-order chi connectivity index (χ1) is 12.2. The van der Waals surface area contributed by atoms with Crippen molar-refractivity contribution in [1.82, 2.24) is 10.2 Å². The number of nitrogens with one attached hydrogen (secondary N) is 2. The number of carbonyl (C=O) groups is 2. The van der Waals surface area contributed by atoms with E-state index < -0.39 is 0 Å². The number of hydrogen-bond donors (Lipinski definition) is 2. The van der Waals surface area contributed by atoms with Crippen molar-refractivity contribution < 1.29 is 9.59 Å². The third kappa shape index (κ3) is 4.06. The van der Waals surface area contributed by atoms with Crippen LogP contribution in [-0.4, -0.2) is 42.9 Å². The van der Waals surface area contributed by atoms with Gasteiger partial charge < -0.3 is 15.5 Å². The number of nitrogens with zero attached hydrogens (tertiary/aromatic N) is 1. The highest BCUT2D eigenvalue weighted by atomic mass is 16.2. The van der Waals surface area contributed by atoms with E-state index in [-0.39, 0.29) is 17.9 Å². The van der Waals surface area contributed by atoms with Crippen LogP contribution in [0.25, 0.3) is 0 Å². The zero-order valence-electron chi connectivity index (χ0n) is 14.4. The van der Waals surface area contributed by atoms with E-state index in [1.165, 1.54) is 0 Å². The first-order valence-corrected chi connectivity index (χ1v) is 8.61. The predicted molar refractivity (Wildman–Crippen MR) is 98.8 cm³/mol. The summed E-state index contributed by atoms with van der Waals surface area (Å²) >= 11 is 0. The van der Waals surface area contributed by atoms with Gasteiger partial charge in [-0.25, -0.2) is 0 Å². The molecule has 1 fully saturated rings. The Balaban J connectivity index is 1.66. The average molecular weight is 337 g/mol. The second kappa shape index (κ2) is 7.94. The smallest absolute Gasteiger partial charge is 0.255 e. The molecule has 0 aromatic heterocycles. The van der Waals surface area contributed by atoms with Crippen LogP contribution in [0.1, 0.15) is 33.6 Å². The summed E-state index contributed by atoms with van der Waals surface area (Å²) in [7, 11) is 1.91. The van der Waals surface area contributed by atoms with Gasteiger partial charge in [-0.05, 0) is 56.3 Å². The Labute approximate surface area is 148 Å². The quantitative estimate of drug-likeness (QED) is 0.882. The molecule has 1 aliphatic heterocycles. The number of amides is 2. The highest BCUT2D eigenvalue weighted by Gasteiger charge is 2.28. The minimum atomic E-state index is -0.159. The Kier molecular flexibility index (Phi) is 5.46. The molecule has 1 heterocycles. The van der Waals surface area contributed by atoms with Gasteiger partial charge in [0.1, 0.15) is 0 Å². The van der Waals surface area contributed by atoms with Gasteiger partial charge in [0.2, 0.25) is 0 Å². The molecule has 0 radical (unpaired) electrons. The molecule has 5 heteroatoms. The van der Waals surface area contributed by atoms with Crippen LogP contribution in [0.4, 0.5) is 5.69 Å². The lowest BCUT2D eigenvalue weighted by Crippen LogP contribution is -2.40. The van der Waals surface area contributed by atoms with Crippen molar-refractivity contribution in [3.63, 3.8) is 0 Å². The summed E-state index contributed by atoms with van der Waals surface area (Å²) in [6.45, 7) is 1.62. The maximum Gasteiger partial charge on any atom is 0.255 e. The van der Waals surface area contributed by atoms with E-state index in [1.807, 2.05) is 30.1 Å². The normalized spacial score (nSPS) is 16.7. The van der Waals surface area contributed by atoms with Crippen molar-refractivity contribution in [3.8, 4) is 0 Å². The Morgan fingerprint density at radius 3 is 2.44 bits per heavy atom. The van der Waals surface area contributed by atoms with Crippen molar-refractivity contribution in [2.75, 3.05) is 25.5 Å². The van der Waals surface area contributed by atoms with Crippen LogP contribution >= 0.6 is 0 Å².